The van der Waals surface area contributed by atoms with Crippen molar-refractivity contribution in [3.63, 3.8) is 0 Å². The van der Waals surface area contributed by atoms with Gasteiger partial charge in [-0.05, 0) is 18.2 Å². The van der Waals surface area contributed by atoms with E-state index in [1.807, 2.05) is 0 Å². The van der Waals surface area contributed by atoms with E-state index in [-0.39, 0.29) is 13.1 Å². The molecule has 1 heterocycles. The van der Waals surface area contributed by atoms with E-state index in [1.165, 1.54) is 32.6 Å². The van der Waals surface area contributed by atoms with Crippen molar-refractivity contribution in [3.05, 3.63) is 30.2 Å². The summed E-state index contributed by atoms with van der Waals surface area (Å²) < 4.78 is 14.0. The highest BCUT2D eigenvalue weighted by Crippen LogP contribution is 2.03. The molecule has 0 bridgehead atoms. The average molecular weight is 281 g/mol. The third kappa shape index (κ3) is 4.97. The van der Waals surface area contributed by atoms with Gasteiger partial charge in [0.15, 0.2) is 0 Å². The highest BCUT2D eigenvalue weighted by atomic mass is 16.5. The van der Waals surface area contributed by atoms with Crippen LogP contribution in [-0.4, -0.2) is 50.1 Å². The van der Waals surface area contributed by atoms with Gasteiger partial charge in [0.2, 0.25) is 5.91 Å². The molecule has 0 fully saturated rings. The van der Waals surface area contributed by atoms with Crippen LogP contribution in [0.3, 0.4) is 0 Å². The Morgan fingerprint density at radius 2 is 1.80 bits per heavy atom. The van der Waals surface area contributed by atoms with Crippen molar-refractivity contribution in [2.45, 2.75) is 0 Å². The summed E-state index contributed by atoms with van der Waals surface area (Å²) in [5.41, 5.74) is 0. The highest BCUT2D eigenvalue weighted by Gasteiger charge is 2.19. The molecule has 20 heavy (non-hydrogen) atoms. The Labute approximate surface area is 115 Å². The molecule has 108 valence electrons. The highest BCUT2D eigenvalue weighted by molar-refractivity contribution is 5.95. The summed E-state index contributed by atoms with van der Waals surface area (Å²) in [6.07, 6.45) is 4.10. The Morgan fingerprint density at radius 3 is 2.25 bits per heavy atom. The number of esters is 2. The largest absolute Gasteiger partial charge is 0.468 e. The number of amides is 1. The van der Waals surface area contributed by atoms with Crippen LogP contribution >= 0.6 is 0 Å². The van der Waals surface area contributed by atoms with Crippen LogP contribution in [0.5, 0.6) is 0 Å². The Balaban J connectivity index is 2.72. The lowest BCUT2D eigenvalue weighted by molar-refractivity contribution is -0.150. The topological polar surface area (TPSA) is 86.0 Å². The van der Waals surface area contributed by atoms with Crippen LogP contribution in [0.1, 0.15) is 5.76 Å². The van der Waals surface area contributed by atoms with Gasteiger partial charge in [0.1, 0.15) is 18.8 Å². The van der Waals surface area contributed by atoms with E-state index < -0.39 is 17.8 Å². The third-order valence-electron chi connectivity index (χ3n) is 2.34. The average Bonchev–Trinajstić information content (AvgIpc) is 2.96. The maximum atomic E-state index is 11.9. The number of carbonyl (C=O) groups excluding carboxylic acids is 3. The molecular formula is C13H15NO6. The number of methoxy groups -OCH3 is 2. The first kappa shape index (κ1) is 15.5. The summed E-state index contributed by atoms with van der Waals surface area (Å²) in [6, 6.07) is 3.33. The minimum absolute atomic E-state index is 0.340. The van der Waals surface area contributed by atoms with Crippen molar-refractivity contribution >= 4 is 23.9 Å². The molecule has 0 aliphatic heterocycles. The molecule has 0 saturated carbocycles. The second-order valence-electron chi connectivity index (χ2n) is 3.70. The molecule has 1 amide bonds. The minimum atomic E-state index is -0.631. The minimum Gasteiger partial charge on any atom is -0.468 e. The van der Waals surface area contributed by atoms with Crippen molar-refractivity contribution in [1.29, 1.82) is 0 Å². The standard InChI is InChI=1S/C13H15NO6/c1-18-12(16)8-14(9-13(17)19-2)11(15)6-5-10-4-3-7-20-10/h3-7H,8-9H2,1-2H3. The number of hydrogen-bond acceptors (Lipinski definition) is 6. The van der Waals surface area contributed by atoms with Gasteiger partial charge < -0.3 is 18.8 Å². The number of nitrogens with zero attached hydrogens (tertiary/aromatic N) is 1. The van der Waals surface area contributed by atoms with Crippen molar-refractivity contribution in [3.8, 4) is 0 Å². The number of ether oxygens (including phenoxy) is 2. The second kappa shape index (κ2) is 7.78. The fourth-order valence-electron chi connectivity index (χ4n) is 1.30. The number of rotatable bonds is 6. The van der Waals surface area contributed by atoms with E-state index in [4.69, 9.17) is 4.42 Å². The van der Waals surface area contributed by atoms with E-state index in [1.54, 1.807) is 12.1 Å². The SMILES string of the molecule is COC(=O)CN(CC(=O)OC)C(=O)C=Cc1ccco1. The summed E-state index contributed by atoms with van der Waals surface area (Å²) in [4.78, 5) is 35.4. The van der Waals surface area contributed by atoms with Gasteiger partial charge in [0.25, 0.3) is 0 Å². The Hall–Kier alpha value is -2.57. The van der Waals surface area contributed by atoms with E-state index >= 15 is 0 Å². The van der Waals surface area contributed by atoms with Crippen LogP contribution in [0.15, 0.2) is 28.9 Å². The molecule has 0 spiro atoms. The van der Waals surface area contributed by atoms with Crippen LogP contribution < -0.4 is 0 Å². The fourth-order valence-corrected chi connectivity index (χ4v) is 1.30. The molecule has 0 saturated heterocycles. The maximum absolute atomic E-state index is 11.9. The molecule has 0 radical (unpaired) electrons. The lowest BCUT2D eigenvalue weighted by Crippen LogP contribution is -2.39. The van der Waals surface area contributed by atoms with Crippen LogP contribution in [0.4, 0.5) is 0 Å². The zero-order valence-corrected chi connectivity index (χ0v) is 11.2. The van der Waals surface area contributed by atoms with Gasteiger partial charge in [-0.25, -0.2) is 0 Å². The van der Waals surface area contributed by atoms with Gasteiger partial charge in [-0.2, -0.15) is 0 Å². The first-order chi connectivity index (χ1) is 9.56. The molecule has 7 heteroatoms. The molecule has 0 aliphatic rings. The normalized spacial score (nSPS) is 10.3. The molecule has 0 atom stereocenters. The fraction of sp³-hybridized carbons (Fsp3) is 0.308. The van der Waals surface area contributed by atoms with E-state index in [2.05, 4.69) is 9.47 Å². The lowest BCUT2D eigenvalue weighted by Gasteiger charge is -2.18. The molecular weight excluding hydrogens is 266 g/mol. The van der Waals surface area contributed by atoms with Gasteiger partial charge in [-0.15, -0.1) is 0 Å². The second-order valence-corrected chi connectivity index (χ2v) is 3.70. The molecule has 0 aliphatic carbocycles. The Morgan fingerprint density at radius 1 is 1.20 bits per heavy atom. The van der Waals surface area contributed by atoms with Crippen molar-refractivity contribution in [2.75, 3.05) is 27.3 Å². The molecule has 1 rings (SSSR count). The molecule has 1 aromatic rings. The third-order valence-corrected chi connectivity index (χ3v) is 2.34. The summed E-state index contributed by atoms with van der Waals surface area (Å²) in [5.74, 6) is -1.31. The first-order valence-electron chi connectivity index (χ1n) is 5.71. The van der Waals surface area contributed by atoms with E-state index in [9.17, 15) is 14.4 Å². The Kier molecular flexibility index (Phi) is 6.02. The maximum Gasteiger partial charge on any atom is 0.325 e. The zero-order chi connectivity index (χ0) is 15.0. The van der Waals surface area contributed by atoms with Gasteiger partial charge in [0, 0.05) is 6.08 Å². The summed E-state index contributed by atoms with van der Waals surface area (Å²) in [5, 5.41) is 0. The van der Waals surface area contributed by atoms with Crippen LogP contribution in [0.2, 0.25) is 0 Å². The molecule has 7 nitrogen and oxygen atoms in total. The van der Waals surface area contributed by atoms with E-state index in [0.717, 1.165) is 4.90 Å². The number of hydrogen-bond donors (Lipinski definition) is 0. The monoisotopic (exact) mass is 281 g/mol. The van der Waals surface area contributed by atoms with Crippen molar-refractivity contribution in [1.82, 2.24) is 4.90 Å². The summed E-state index contributed by atoms with van der Waals surface area (Å²) in [7, 11) is 2.39. The van der Waals surface area contributed by atoms with Crippen LogP contribution in [-0.2, 0) is 23.9 Å². The predicted molar refractivity (Wildman–Crippen MR) is 68.4 cm³/mol. The van der Waals surface area contributed by atoms with Gasteiger partial charge in [-0.1, -0.05) is 0 Å². The first-order valence-corrected chi connectivity index (χ1v) is 5.71. The quantitative estimate of drug-likeness (QED) is 0.556. The smallest absolute Gasteiger partial charge is 0.325 e. The molecule has 0 aromatic carbocycles. The zero-order valence-electron chi connectivity index (χ0n) is 11.2. The van der Waals surface area contributed by atoms with Gasteiger partial charge >= 0.3 is 11.9 Å². The Bertz CT molecular complexity index is 473. The number of carbonyl (C=O) groups is 3. The van der Waals surface area contributed by atoms with Crippen molar-refractivity contribution in [2.24, 2.45) is 0 Å². The molecule has 1 aromatic heterocycles. The summed E-state index contributed by atoms with van der Waals surface area (Å²) in [6.45, 7) is -0.681. The van der Waals surface area contributed by atoms with Crippen LogP contribution in [0, 0.1) is 0 Å². The summed E-state index contributed by atoms with van der Waals surface area (Å²) >= 11 is 0. The van der Waals surface area contributed by atoms with Gasteiger partial charge in [-0.3, -0.25) is 14.4 Å². The van der Waals surface area contributed by atoms with Crippen molar-refractivity contribution < 1.29 is 28.3 Å². The number of furan rings is 1. The van der Waals surface area contributed by atoms with Gasteiger partial charge in [0.05, 0.1) is 20.5 Å². The lowest BCUT2D eigenvalue weighted by atomic mass is 10.3. The molecule has 0 N–H and O–H groups in total. The molecule has 0 unspecified atom stereocenters. The van der Waals surface area contributed by atoms with E-state index in [0.29, 0.717) is 5.76 Å². The predicted octanol–water partition coefficient (Wildman–Crippen LogP) is 0.467. The van der Waals surface area contributed by atoms with Crippen LogP contribution in [0.25, 0.3) is 6.08 Å².